The molecule has 0 atom stereocenters. The third-order valence-corrected chi connectivity index (χ3v) is 0.432. The van der Waals surface area contributed by atoms with Crippen molar-refractivity contribution >= 4 is 8.61 Å². The zero-order valence-corrected chi connectivity index (χ0v) is 3.53. The summed E-state index contributed by atoms with van der Waals surface area (Å²) in [5, 5.41) is 2.29. The van der Waals surface area contributed by atoms with E-state index in [0.717, 1.165) is 0 Å². The van der Waals surface area contributed by atoms with E-state index in [-0.39, 0.29) is 8.61 Å². The third-order valence-electron chi connectivity index (χ3n) is 0.144. The summed E-state index contributed by atoms with van der Waals surface area (Å²) in [5.74, 6) is 0. The molecule has 0 rings (SSSR count). The minimum absolute atomic E-state index is 0.0883. The highest BCUT2D eigenvalue weighted by molar-refractivity contribution is 7.21. The highest BCUT2D eigenvalue weighted by atomic mass is 31.1. The summed E-state index contributed by atoms with van der Waals surface area (Å²) in [5.41, 5.74) is 0. The number of nitrogens with one attached hydrogen (secondary N) is 1. The van der Waals surface area contributed by atoms with Crippen molar-refractivity contribution in [2.45, 2.75) is 0 Å². The lowest BCUT2D eigenvalue weighted by Crippen LogP contribution is -1.75. The Labute approximate surface area is 32.1 Å². The number of rotatable bonds is 2. The summed E-state index contributed by atoms with van der Waals surface area (Å²) in [6, 6.07) is 0. The molecule has 2 nitrogen and oxygen atoms in total. The maximum atomic E-state index is 9.32. The van der Waals surface area contributed by atoms with Crippen LogP contribution in [0.3, 0.4) is 0 Å². The fourth-order valence-corrected chi connectivity index (χ4v) is 0.112. The first-order chi connectivity index (χ1) is 2.41. The molecule has 0 aromatic rings. The monoisotopic (exact) mass is 89.0 g/mol. The van der Waals surface area contributed by atoms with E-state index in [2.05, 4.69) is 11.7 Å². The van der Waals surface area contributed by atoms with Gasteiger partial charge in [-0.05, 0) is 0 Å². The lowest BCUT2D eigenvalue weighted by molar-refractivity contribution is 0.596. The first kappa shape index (κ1) is 4.64. The van der Waals surface area contributed by atoms with Gasteiger partial charge in [0, 0.05) is 6.20 Å². The maximum absolute atomic E-state index is 9.32. The van der Waals surface area contributed by atoms with Gasteiger partial charge in [0.15, 0.2) is 0 Å². The van der Waals surface area contributed by atoms with Crippen molar-refractivity contribution in [2.24, 2.45) is 0 Å². The Hall–Kier alpha value is -0.360. The van der Waals surface area contributed by atoms with Crippen molar-refractivity contribution < 1.29 is 4.57 Å². The molecule has 0 aromatic heterocycles. The lowest BCUT2D eigenvalue weighted by atomic mass is 11.1. The molecule has 0 radical (unpaired) electrons. The molecule has 0 spiro atoms. The molecule has 0 saturated heterocycles. The smallest absolute Gasteiger partial charge is 0.278 e. The summed E-state index contributed by atoms with van der Waals surface area (Å²) in [4.78, 5) is 0. The molecule has 0 heterocycles. The average Bonchev–Trinajstić information content (AvgIpc) is 1.41. The molecule has 0 aliphatic carbocycles. The summed E-state index contributed by atoms with van der Waals surface area (Å²) in [6.07, 6.45) is 1.36. The van der Waals surface area contributed by atoms with Gasteiger partial charge in [0.1, 0.15) is 0 Å². The largest absolute Gasteiger partial charge is 0.312 e. The Morgan fingerprint density at radius 2 is 2.60 bits per heavy atom. The maximum Gasteiger partial charge on any atom is 0.278 e. The molecule has 0 fully saturated rings. The van der Waals surface area contributed by atoms with E-state index in [1.165, 1.54) is 6.20 Å². The van der Waals surface area contributed by atoms with E-state index in [1.807, 2.05) is 0 Å². The molecule has 0 aromatic carbocycles. The molecular formula is C2H4NOP. The summed E-state index contributed by atoms with van der Waals surface area (Å²) >= 11 is 0. The van der Waals surface area contributed by atoms with Crippen LogP contribution in [0.15, 0.2) is 12.8 Å². The molecule has 28 valence electrons. The van der Waals surface area contributed by atoms with Crippen LogP contribution >= 0.6 is 8.61 Å². The molecule has 0 aliphatic heterocycles. The lowest BCUT2D eigenvalue weighted by Gasteiger charge is -1.67. The Bertz CT molecular complexity index is 38.9. The van der Waals surface area contributed by atoms with Gasteiger partial charge in [-0.1, -0.05) is 6.58 Å². The van der Waals surface area contributed by atoms with Gasteiger partial charge < -0.3 is 5.09 Å². The second-order valence-corrected chi connectivity index (χ2v) is 0.865. The van der Waals surface area contributed by atoms with Crippen LogP contribution < -0.4 is 5.09 Å². The van der Waals surface area contributed by atoms with Gasteiger partial charge in [-0.3, -0.25) is 0 Å². The van der Waals surface area contributed by atoms with Crippen LogP contribution in [-0.2, 0) is 4.57 Å². The highest BCUT2D eigenvalue weighted by Gasteiger charge is 1.53. The van der Waals surface area contributed by atoms with Gasteiger partial charge in [-0.25, -0.2) is 4.57 Å². The molecule has 0 saturated carbocycles. The first-order valence-electron chi connectivity index (χ1n) is 1.10. The van der Waals surface area contributed by atoms with Crippen molar-refractivity contribution in [1.29, 1.82) is 0 Å². The molecule has 0 aliphatic rings. The summed E-state index contributed by atoms with van der Waals surface area (Å²) in [7, 11) is -0.0883. The van der Waals surface area contributed by atoms with Crippen molar-refractivity contribution in [1.82, 2.24) is 5.09 Å². The van der Waals surface area contributed by atoms with Crippen LogP contribution in [0.4, 0.5) is 0 Å². The second kappa shape index (κ2) is 3.64. The third kappa shape index (κ3) is 3.64. The van der Waals surface area contributed by atoms with Crippen molar-refractivity contribution in [3.05, 3.63) is 12.8 Å². The Balaban J connectivity index is 2.65. The van der Waals surface area contributed by atoms with E-state index in [1.54, 1.807) is 0 Å². The standard InChI is InChI=1S/C2H4NOP/c1-2-3-5-4/h2H,1H2,(H,3,4). The van der Waals surface area contributed by atoms with E-state index >= 15 is 0 Å². The minimum Gasteiger partial charge on any atom is -0.312 e. The molecule has 3 heteroatoms. The van der Waals surface area contributed by atoms with Gasteiger partial charge >= 0.3 is 0 Å². The first-order valence-corrected chi connectivity index (χ1v) is 1.92. The average molecular weight is 89.0 g/mol. The van der Waals surface area contributed by atoms with Crippen molar-refractivity contribution in [3.8, 4) is 0 Å². The van der Waals surface area contributed by atoms with Crippen LogP contribution in [0.1, 0.15) is 0 Å². The Morgan fingerprint density at radius 3 is 2.60 bits per heavy atom. The SMILES string of the molecule is C=CNP=O. The fraction of sp³-hybridized carbons (Fsp3) is 0. The van der Waals surface area contributed by atoms with Crippen LogP contribution in [0.25, 0.3) is 0 Å². The highest BCUT2D eigenvalue weighted by Crippen LogP contribution is 1.74. The molecule has 0 amide bonds. The van der Waals surface area contributed by atoms with Crippen molar-refractivity contribution in [2.75, 3.05) is 0 Å². The fourth-order valence-electron chi connectivity index (χ4n) is 0.0373. The number of hydrogen-bond donors (Lipinski definition) is 1. The number of hydrogen-bond acceptors (Lipinski definition) is 1. The second-order valence-electron chi connectivity index (χ2n) is 0.425. The van der Waals surface area contributed by atoms with E-state index in [4.69, 9.17) is 0 Å². The van der Waals surface area contributed by atoms with Crippen LogP contribution in [0.5, 0.6) is 0 Å². The van der Waals surface area contributed by atoms with Gasteiger partial charge in [0.05, 0.1) is 0 Å². The molecule has 0 bridgehead atoms. The van der Waals surface area contributed by atoms with Gasteiger partial charge in [-0.15, -0.1) is 0 Å². The van der Waals surface area contributed by atoms with Crippen LogP contribution in [-0.4, -0.2) is 0 Å². The van der Waals surface area contributed by atoms with Gasteiger partial charge in [-0.2, -0.15) is 0 Å². The Morgan fingerprint density at radius 1 is 2.00 bits per heavy atom. The zero-order valence-electron chi connectivity index (χ0n) is 2.64. The summed E-state index contributed by atoms with van der Waals surface area (Å²) in [6.45, 7) is 3.23. The van der Waals surface area contributed by atoms with Crippen molar-refractivity contribution in [3.63, 3.8) is 0 Å². The topological polar surface area (TPSA) is 29.1 Å². The molecule has 5 heavy (non-hydrogen) atoms. The van der Waals surface area contributed by atoms with E-state index in [0.29, 0.717) is 0 Å². The normalized spacial score (nSPS) is 7.20. The van der Waals surface area contributed by atoms with E-state index < -0.39 is 0 Å². The van der Waals surface area contributed by atoms with Crippen LogP contribution in [0, 0.1) is 0 Å². The molecule has 0 unspecified atom stereocenters. The van der Waals surface area contributed by atoms with Crippen LogP contribution in [0.2, 0.25) is 0 Å². The predicted octanol–water partition coefficient (Wildman–Crippen LogP) is 0.926. The predicted molar refractivity (Wildman–Crippen MR) is 20.9 cm³/mol. The summed E-state index contributed by atoms with van der Waals surface area (Å²) < 4.78 is 9.32. The molecule has 1 N–H and O–H groups in total. The quantitative estimate of drug-likeness (QED) is 0.510. The van der Waals surface area contributed by atoms with Gasteiger partial charge in [0.2, 0.25) is 0 Å². The minimum atomic E-state index is -0.0883. The van der Waals surface area contributed by atoms with Gasteiger partial charge in [0.25, 0.3) is 8.61 Å². The Kier molecular flexibility index (Phi) is 3.38. The zero-order chi connectivity index (χ0) is 4.12. The van der Waals surface area contributed by atoms with E-state index in [9.17, 15) is 4.57 Å². The molecular weight excluding hydrogens is 85.0 g/mol.